The van der Waals surface area contributed by atoms with Gasteiger partial charge in [0.25, 0.3) is 0 Å². The van der Waals surface area contributed by atoms with Crippen molar-refractivity contribution in [2.24, 2.45) is 0 Å². The average molecular weight is 334 g/mol. The van der Waals surface area contributed by atoms with Gasteiger partial charge in [-0.2, -0.15) is 0 Å². The van der Waals surface area contributed by atoms with Crippen LogP contribution in [0.2, 0.25) is 10.2 Å². The van der Waals surface area contributed by atoms with E-state index in [4.69, 9.17) is 27.9 Å². The standard InChI is InChI=1S/C11H7BrCl2N2O/c1-17-9-4-6(13)2-3-7(9)11-15-5-8(12)10(14)16-11/h2-5H,1H3. The van der Waals surface area contributed by atoms with Gasteiger partial charge in [0.2, 0.25) is 0 Å². The van der Waals surface area contributed by atoms with Gasteiger partial charge >= 0.3 is 0 Å². The van der Waals surface area contributed by atoms with Crippen molar-refractivity contribution in [1.82, 2.24) is 9.97 Å². The van der Waals surface area contributed by atoms with Crippen LogP contribution in [0.1, 0.15) is 0 Å². The second-order valence-electron chi connectivity index (χ2n) is 3.18. The molecular formula is C11H7BrCl2N2O. The van der Waals surface area contributed by atoms with Gasteiger partial charge in [0.05, 0.1) is 17.1 Å². The summed E-state index contributed by atoms with van der Waals surface area (Å²) in [6.45, 7) is 0. The number of nitrogens with zero attached hydrogens (tertiary/aromatic N) is 2. The highest BCUT2D eigenvalue weighted by Gasteiger charge is 2.11. The number of rotatable bonds is 2. The maximum atomic E-state index is 5.93. The zero-order valence-electron chi connectivity index (χ0n) is 8.75. The molecule has 2 rings (SSSR count). The van der Waals surface area contributed by atoms with Gasteiger partial charge in [0.15, 0.2) is 5.82 Å². The van der Waals surface area contributed by atoms with Crippen LogP contribution in [0.4, 0.5) is 0 Å². The fourth-order valence-electron chi connectivity index (χ4n) is 1.33. The molecule has 0 bridgehead atoms. The lowest BCUT2D eigenvalue weighted by Crippen LogP contribution is -1.93. The highest BCUT2D eigenvalue weighted by atomic mass is 79.9. The van der Waals surface area contributed by atoms with Crippen LogP contribution < -0.4 is 4.74 Å². The molecule has 0 fully saturated rings. The first kappa shape index (κ1) is 12.6. The Hall–Kier alpha value is -0.840. The summed E-state index contributed by atoms with van der Waals surface area (Å²) in [5.41, 5.74) is 0.742. The van der Waals surface area contributed by atoms with Crippen LogP contribution >= 0.6 is 39.1 Å². The van der Waals surface area contributed by atoms with E-state index in [9.17, 15) is 0 Å². The molecule has 0 saturated heterocycles. The SMILES string of the molecule is COc1cc(Cl)ccc1-c1ncc(Br)c(Cl)n1. The zero-order chi connectivity index (χ0) is 12.4. The monoisotopic (exact) mass is 332 g/mol. The van der Waals surface area contributed by atoms with Gasteiger partial charge in [0.1, 0.15) is 10.9 Å². The van der Waals surface area contributed by atoms with E-state index in [0.29, 0.717) is 26.2 Å². The van der Waals surface area contributed by atoms with Gasteiger partial charge in [-0.3, -0.25) is 0 Å². The largest absolute Gasteiger partial charge is 0.496 e. The summed E-state index contributed by atoms with van der Waals surface area (Å²) >= 11 is 15.1. The van der Waals surface area contributed by atoms with Crippen LogP contribution in [0.5, 0.6) is 5.75 Å². The fourth-order valence-corrected chi connectivity index (χ4v) is 1.81. The van der Waals surface area contributed by atoms with Crippen molar-refractivity contribution >= 4 is 39.1 Å². The number of ether oxygens (including phenoxy) is 1. The molecule has 88 valence electrons. The van der Waals surface area contributed by atoms with Crippen LogP contribution in [0.3, 0.4) is 0 Å². The Morgan fingerprint density at radius 2 is 2.06 bits per heavy atom. The fraction of sp³-hybridized carbons (Fsp3) is 0.0909. The Morgan fingerprint density at radius 1 is 1.29 bits per heavy atom. The first-order valence-electron chi connectivity index (χ1n) is 4.64. The predicted octanol–water partition coefficient (Wildman–Crippen LogP) is 4.22. The van der Waals surface area contributed by atoms with E-state index in [1.807, 2.05) is 0 Å². The number of hydrogen-bond acceptors (Lipinski definition) is 3. The Balaban J connectivity index is 2.55. The molecule has 0 aliphatic rings. The van der Waals surface area contributed by atoms with Crippen LogP contribution in [-0.2, 0) is 0 Å². The summed E-state index contributed by atoms with van der Waals surface area (Å²) in [5.74, 6) is 1.10. The van der Waals surface area contributed by atoms with Crippen molar-refractivity contribution < 1.29 is 4.74 Å². The minimum Gasteiger partial charge on any atom is -0.496 e. The molecular weight excluding hydrogens is 327 g/mol. The van der Waals surface area contributed by atoms with E-state index in [2.05, 4.69) is 25.9 Å². The highest BCUT2D eigenvalue weighted by Crippen LogP contribution is 2.31. The van der Waals surface area contributed by atoms with Crippen LogP contribution in [0, 0.1) is 0 Å². The number of hydrogen-bond donors (Lipinski definition) is 0. The van der Waals surface area contributed by atoms with Gasteiger partial charge in [-0.05, 0) is 34.1 Å². The van der Waals surface area contributed by atoms with Gasteiger partial charge in [-0.15, -0.1) is 0 Å². The summed E-state index contributed by atoms with van der Waals surface area (Å²) in [5, 5.41) is 0.945. The molecule has 6 heteroatoms. The molecule has 0 aliphatic carbocycles. The summed E-state index contributed by atoms with van der Waals surface area (Å²) < 4.78 is 5.88. The summed E-state index contributed by atoms with van der Waals surface area (Å²) in [6.07, 6.45) is 1.60. The summed E-state index contributed by atoms with van der Waals surface area (Å²) in [7, 11) is 1.57. The predicted molar refractivity (Wildman–Crippen MR) is 71.7 cm³/mol. The molecule has 0 atom stereocenters. The second-order valence-corrected chi connectivity index (χ2v) is 4.83. The molecule has 3 nitrogen and oxygen atoms in total. The molecule has 0 saturated carbocycles. The Labute approximate surface area is 117 Å². The highest BCUT2D eigenvalue weighted by molar-refractivity contribution is 9.10. The first-order valence-corrected chi connectivity index (χ1v) is 6.18. The quantitative estimate of drug-likeness (QED) is 0.772. The Kier molecular flexibility index (Phi) is 3.86. The average Bonchev–Trinajstić information content (AvgIpc) is 2.32. The lowest BCUT2D eigenvalue weighted by Gasteiger charge is -2.08. The Bertz CT molecular complexity index is 563. The van der Waals surface area contributed by atoms with Gasteiger partial charge < -0.3 is 4.74 Å². The molecule has 1 aromatic heterocycles. The third-order valence-electron chi connectivity index (χ3n) is 2.11. The number of halogens is 3. The molecule has 1 heterocycles. The van der Waals surface area contributed by atoms with Crippen molar-refractivity contribution in [3.8, 4) is 17.1 Å². The van der Waals surface area contributed by atoms with E-state index >= 15 is 0 Å². The van der Waals surface area contributed by atoms with Gasteiger partial charge in [0, 0.05) is 11.2 Å². The van der Waals surface area contributed by atoms with Crippen LogP contribution in [0.25, 0.3) is 11.4 Å². The Morgan fingerprint density at radius 3 is 2.71 bits per heavy atom. The van der Waals surface area contributed by atoms with E-state index in [0.717, 1.165) is 5.56 Å². The van der Waals surface area contributed by atoms with Crippen molar-refractivity contribution in [3.63, 3.8) is 0 Å². The molecule has 0 N–H and O–H groups in total. The molecule has 0 aliphatic heterocycles. The first-order chi connectivity index (χ1) is 8.11. The molecule has 0 unspecified atom stereocenters. The molecule has 0 spiro atoms. The van der Waals surface area contributed by atoms with Crippen molar-refractivity contribution in [2.45, 2.75) is 0 Å². The third-order valence-corrected chi connectivity index (χ3v) is 3.44. The number of methoxy groups -OCH3 is 1. The lowest BCUT2D eigenvalue weighted by atomic mass is 10.2. The van der Waals surface area contributed by atoms with E-state index in [1.54, 1.807) is 31.5 Å². The van der Waals surface area contributed by atoms with Crippen molar-refractivity contribution in [3.05, 3.63) is 39.0 Å². The normalized spacial score (nSPS) is 10.4. The second kappa shape index (κ2) is 5.21. The minimum atomic E-state index is 0.354. The van der Waals surface area contributed by atoms with Crippen molar-refractivity contribution in [2.75, 3.05) is 7.11 Å². The maximum absolute atomic E-state index is 5.93. The van der Waals surface area contributed by atoms with Gasteiger partial charge in [-0.25, -0.2) is 9.97 Å². The topological polar surface area (TPSA) is 35.0 Å². The van der Waals surface area contributed by atoms with E-state index in [1.165, 1.54) is 0 Å². The van der Waals surface area contributed by atoms with Gasteiger partial charge in [-0.1, -0.05) is 23.2 Å². The number of aromatic nitrogens is 2. The number of benzene rings is 1. The van der Waals surface area contributed by atoms with Crippen LogP contribution in [0.15, 0.2) is 28.9 Å². The minimum absolute atomic E-state index is 0.354. The third kappa shape index (κ3) is 2.70. The van der Waals surface area contributed by atoms with Crippen molar-refractivity contribution in [1.29, 1.82) is 0 Å². The molecule has 1 aromatic carbocycles. The van der Waals surface area contributed by atoms with E-state index in [-0.39, 0.29) is 0 Å². The molecule has 17 heavy (non-hydrogen) atoms. The zero-order valence-corrected chi connectivity index (χ0v) is 11.8. The molecule has 0 radical (unpaired) electrons. The van der Waals surface area contributed by atoms with Crippen LogP contribution in [-0.4, -0.2) is 17.1 Å². The summed E-state index contributed by atoms with van der Waals surface area (Å²) in [4.78, 5) is 8.35. The molecule has 0 amide bonds. The smallest absolute Gasteiger partial charge is 0.164 e. The lowest BCUT2D eigenvalue weighted by molar-refractivity contribution is 0.416. The molecule has 2 aromatic rings. The summed E-state index contributed by atoms with van der Waals surface area (Å²) in [6, 6.07) is 5.25. The maximum Gasteiger partial charge on any atom is 0.164 e. The van der Waals surface area contributed by atoms with E-state index < -0.39 is 0 Å².